The number of amides is 1. The van der Waals surface area contributed by atoms with E-state index in [4.69, 9.17) is 4.74 Å². The van der Waals surface area contributed by atoms with Crippen LogP contribution in [0.5, 0.6) is 0 Å². The highest BCUT2D eigenvalue weighted by molar-refractivity contribution is 8.14. The molecule has 1 heterocycles. The van der Waals surface area contributed by atoms with Gasteiger partial charge in [-0.3, -0.25) is 4.79 Å². The Kier molecular flexibility index (Phi) is 6.46. The number of nitrogens with one attached hydrogen (secondary N) is 1. The van der Waals surface area contributed by atoms with Crippen LogP contribution in [0.4, 0.5) is 4.79 Å². The van der Waals surface area contributed by atoms with Gasteiger partial charge in [0.05, 0.1) is 6.54 Å². The normalized spacial score (nSPS) is 21.1. The standard InChI is InChI=1S/C15H25N2O4S/c1-6-12(18)21-8-7-16-13(19)22-11-9-14(2,3)17(20)15(4,5)10-11/h6,11H,1,7-10H2,2-5H3,(H,16,19). The molecule has 125 valence electrons. The molecule has 0 atom stereocenters. The highest BCUT2D eigenvalue weighted by Crippen LogP contribution is 2.41. The van der Waals surface area contributed by atoms with E-state index < -0.39 is 17.0 Å². The first kappa shape index (κ1) is 19.0. The monoisotopic (exact) mass is 329 g/mol. The fraction of sp³-hybridized carbons (Fsp3) is 0.733. The number of hydrogen-bond acceptors (Lipinski definition) is 5. The molecule has 0 aromatic heterocycles. The van der Waals surface area contributed by atoms with E-state index in [2.05, 4.69) is 11.9 Å². The van der Waals surface area contributed by atoms with Gasteiger partial charge < -0.3 is 10.1 Å². The number of rotatable bonds is 5. The summed E-state index contributed by atoms with van der Waals surface area (Å²) in [6, 6.07) is 0. The fourth-order valence-electron chi connectivity index (χ4n) is 2.81. The second kappa shape index (κ2) is 7.48. The Hall–Kier alpha value is -1.05. The highest BCUT2D eigenvalue weighted by Gasteiger charge is 2.46. The van der Waals surface area contributed by atoms with Gasteiger partial charge in [-0.15, -0.1) is 10.3 Å². The Balaban J connectivity index is 2.41. The summed E-state index contributed by atoms with van der Waals surface area (Å²) >= 11 is 1.22. The van der Waals surface area contributed by atoms with Crippen molar-refractivity contribution in [2.45, 2.75) is 56.9 Å². The van der Waals surface area contributed by atoms with Crippen LogP contribution in [-0.4, -0.2) is 45.8 Å². The topological polar surface area (TPSA) is 78.5 Å². The number of esters is 1. The zero-order valence-electron chi connectivity index (χ0n) is 13.7. The van der Waals surface area contributed by atoms with Crippen molar-refractivity contribution in [3.63, 3.8) is 0 Å². The molecule has 0 saturated carbocycles. The molecular formula is C15H25N2O4S. The molecule has 0 unspecified atom stereocenters. The van der Waals surface area contributed by atoms with E-state index >= 15 is 0 Å². The van der Waals surface area contributed by atoms with Crippen LogP contribution >= 0.6 is 11.8 Å². The van der Waals surface area contributed by atoms with E-state index in [1.807, 2.05) is 27.7 Å². The maximum absolute atomic E-state index is 12.3. The van der Waals surface area contributed by atoms with Crippen LogP contribution in [0.1, 0.15) is 40.5 Å². The third kappa shape index (κ3) is 5.30. The molecule has 6 nitrogen and oxygen atoms in total. The maximum Gasteiger partial charge on any atom is 0.330 e. The minimum absolute atomic E-state index is 0.0888. The molecule has 1 fully saturated rings. The van der Waals surface area contributed by atoms with Crippen LogP contribution in [0.15, 0.2) is 12.7 Å². The number of carbonyl (C=O) groups excluding carboxylic acids is 2. The molecular weight excluding hydrogens is 304 g/mol. The smallest absolute Gasteiger partial charge is 0.330 e. The quantitative estimate of drug-likeness (QED) is 0.476. The predicted molar refractivity (Wildman–Crippen MR) is 85.9 cm³/mol. The fourth-order valence-corrected chi connectivity index (χ4v) is 4.28. The molecule has 1 radical (unpaired) electrons. The predicted octanol–water partition coefficient (Wildman–Crippen LogP) is 2.53. The Labute approximate surface area is 136 Å². The minimum Gasteiger partial charge on any atom is -0.461 e. The number of thioether (sulfide) groups is 1. The van der Waals surface area contributed by atoms with Crippen molar-refractivity contribution in [1.29, 1.82) is 0 Å². The largest absolute Gasteiger partial charge is 0.461 e. The summed E-state index contributed by atoms with van der Waals surface area (Å²) in [5.41, 5.74) is -0.974. The van der Waals surface area contributed by atoms with Crippen LogP contribution < -0.4 is 5.32 Å². The van der Waals surface area contributed by atoms with Crippen LogP contribution in [0, 0.1) is 0 Å². The van der Waals surface area contributed by atoms with E-state index in [0.29, 0.717) is 12.8 Å². The summed E-state index contributed by atoms with van der Waals surface area (Å²) in [6.45, 7) is 11.3. The van der Waals surface area contributed by atoms with Crippen molar-refractivity contribution in [1.82, 2.24) is 10.4 Å². The molecule has 1 aliphatic rings. The second-order valence-corrected chi connectivity index (χ2v) is 7.93. The summed E-state index contributed by atoms with van der Waals surface area (Å²) in [4.78, 5) is 22.8. The van der Waals surface area contributed by atoms with Crippen molar-refractivity contribution in [3.05, 3.63) is 12.7 Å². The van der Waals surface area contributed by atoms with Gasteiger partial charge in [0.15, 0.2) is 0 Å². The summed E-state index contributed by atoms with van der Waals surface area (Å²) in [5, 5.41) is 16.0. The van der Waals surface area contributed by atoms with Gasteiger partial charge in [-0.25, -0.2) is 4.79 Å². The Bertz CT molecular complexity index is 419. The molecule has 0 bridgehead atoms. The lowest BCUT2D eigenvalue weighted by molar-refractivity contribution is -0.285. The molecule has 0 aromatic rings. The van der Waals surface area contributed by atoms with Gasteiger partial charge in [0, 0.05) is 22.4 Å². The third-order valence-corrected chi connectivity index (χ3v) is 4.64. The Morgan fingerprint density at radius 1 is 1.32 bits per heavy atom. The number of piperidine rings is 1. The van der Waals surface area contributed by atoms with Crippen LogP contribution in [0.25, 0.3) is 0 Å². The molecule has 1 saturated heterocycles. The van der Waals surface area contributed by atoms with Gasteiger partial charge >= 0.3 is 5.97 Å². The number of hydrogen-bond donors (Lipinski definition) is 1. The highest BCUT2D eigenvalue weighted by atomic mass is 32.2. The van der Waals surface area contributed by atoms with E-state index in [1.165, 1.54) is 11.8 Å². The van der Waals surface area contributed by atoms with Crippen LogP contribution in [0.3, 0.4) is 0 Å². The van der Waals surface area contributed by atoms with Gasteiger partial charge in [-0.05, 0) is 40.5 Å². The zero-order valence-corrected chi connectivity index (χ0v) is 14.5. The molecule has 22 heavy (non-hydrogen) atoms. The van der Waals surface area contributed by atoms with Gasteiger partial charge in [0.2, 0.25) is 0 Å². The van der Waals surface area contributed by atoms with E-state index in [0.717, 1.165) is 11.1 Å². The molecule has 0 aliphatic carbocycles. The van der Waals surface area contributed by atoms with Crippen molar-refractivity contribution in [3.8, 4) is 0 Å². The SMILES string of the molecule is C=CC(=O)OCCNC(=O)SC1CC(C)(C)N([O])C(C)(C)C1. The maximum atomic E-state index is 12.3. The summed E-state index contributed by atoms with van der Waals surface area (Å²) in [7, 11) is 0. The number of hydroxylamine groups is 2. The van der Waals surface area contributed by atoms with Crippen LogP contribution in [-0.2, 0) is 14.7 Å². The van der Waals surface area contributed by atoms with Crippen molar-refractivity contribution >= 4 is 23.0 Å². The number of nitrogens with zero attached hydrogens (tertiary/aromatic N) is 1. The molecule has 1 N–H and O–H groups in total. The molecule has 0 spiro atoms. The first-order valence-electron chi connectivity index (χ1n) is 7.29. The summed E-state index contributed by atoms with van der Waals surface area (Å²) in [6.07, 6.45) is 2.39. The van der Waals surface area contributed by atoms with Crippen molar-refractivity contribution < 1.29 is 19.5 Å². The lowest BCUT2D eigenvalue weighted by atomic mass is 9.82. The lowest BCUT2D eigenvalue weighted by Gasteiger charge is -2.49. The summed E-state index contributed by atoms with van der Waals surface area (Å²) in [5.74, 6) is -0.506. The molecule has 1 rings (SSSR count). The molecule has 1 amide bonds. The average molecular weight is 329 g/mol. The van der Waals surface area contributed by atoms with Gasteiger partial charge in [0.25, 0.3) is 5.24 Å². The van der Waals surface area contributed by atoms with Crippen LogP contribution in [0.2, 0.25) is 0 Å². The van der Waals surface area contributed by atoms with Gasteiger partial charge in [-0.2, -0.15) is 0 Å². The lowest BCUT2D eigenvalue weighted by Crippen LogP contribution is -2.59. The van der Waals surface area contributed by atoms with Gasteiger partial charge in [-0.1, -0.05) is 18.3 Å². The summed E-state index contributed by atoms with van der Waals surface area (Å²) < 4.78 is 4.78. The third-order valence-electron chi connectivity index (χ3n) is 3.61. The van der Waals surface area contributed by atoms with E-state index in [9.17, 15) is 14.8 Å². The molecule has 0 aromatic carbocycles. The minimum atomic E-state index is -0.506. The molecule has 7 heteroatoms. The first-order valence-corrected chi connectivity index (χ1v) is 8.17. The number of ether oxygens (including phenoxy) is 1. The first-order chi connectivity index (χ1) is 10.1. The zero-order chi connectivity index (χ0) is 17.0. The van der Waals surface area contributed by atoms with Gasteiger partial charge in [0.1, 0.15) is 6.61 Å². The van der Waals surface area contributed by atoms with E-state index in [-0.39, 0.29) is 23.6 Å². The molecule has 1 aliphatic heterocycles. The second-order valence-electron chi connectivity index (χ2n) is 6.65. The number of carbonyl (C=O) groups is 2. The Morgan fingerprint density at radius 2 is 1.86 bits per heavy atom. The Morgan fingerprint density at radius 3 is 2.36 bits per heavy atom. The van der Waals surface area contributed by atoms with E-state index in [1.54, 1.807) is 0 Å². The van der Waals surface area contributed by atoms with Crippen molar-refractivity contribution in [2.75, 3.05) is 13.2 Å². The van der Waals surface area contributed by atoms with Crippen molar-refractivity contribution in [2.24, 2.45) is 0 Å². The average Bonchev–Trinajstić information content (AvgIpc) is 2.40.